The first-order valence-electron chi connectivity index (χ1n) is 10.2. The molecule has 28 heavy (non-hydrogen) atoms. The van der Waals surface area contributed by atoms with Crippen LogP contribution in [-0.4, -0.2) is 48.5 Å². The van der Waals surface area contributed by atoms with Crippen LogP contribution in [0.5, 0.6) is 5.75 Å². The largest absolute Gasteiger partial charge is 0.497 e. The number of methoxy groups -OCH3 is 1. The van der Waals surface area contributed by atoms with E-state index in [2.05, 4.69) is 59.2 Å². The van der Waals surface area contributed by atoms with Crippen LogP contribution in [0.3, 0.4) is 0 Å². The number of fused-ring (bicyclic) bond motifs is 1. The van der Waals surface area contributed by atoms with Crippen molar-refractivity contribution in [2.24, 2.45) is 5.92 Å². The maximum atomic E-state index is 12.3. The molecule has 2 fully saturated rings. The van der Waals surface area contributed by atoms with E-state index in [0.717, 1.165) is 38.3 Å². The van der Waals surface area contributed by atoms with Crippen molar-refractivity contribution >= 4 is 5.91 Å². The molecule has 2 aliphatic heterocycles. The summed E-state index contributed by atoms with van der Waals surface area (Å²) >= 11 is 0. The standard InChI is InChI=1S/C24H30N2O2/c1-17-6-4-7-19(12-17)14-25-11-10-24-23(15-25)22(16-26(24)18(2)27)20-8-5-9-21(13-20)28-3/h4-9,12-13,22-24H,10-11,14-16H2,1-3H3/t22-,23-,24-/m1/s1. The van der Waals surface area contributed by atoms with Crippen molar-refractivity contribution in [2.75, 3.05) is 26.7 Å². The number of carbonyl (C=O) groups excluding carboxylic acids is 1. The minimum absolute atomic E-state index is 0.201. The van der Waals surface area contributed by atoms with Crippen LogP contribution in [0.4, 0.5) is 0 Å². The van der Waals surface area contributed by atoms with Crippen LogP contribution in [-0.2, 0) is 11.3 Å². The zero-order chi connectivity index (χ0) is 19.7. The molecule has 4 rings (SSSR count). The Morgan fingerprint density at radius 2 is 1.96 bits per heavy atom. The molecule has 0 saturated carbocycles. The number of piperidine rings is 1. The number of carbonyl (C=O) groups is 1. The maximum Gasteiger partial charge on any atom is 0.219 e. The van der Waals surface area contributed by atoms with E-state index in [1.165, 1.54) is 16.7 Å². The molecule has 0 bridgehead atoms. The number of benzene rings is 2. The van der Waals surface area contributed by atoms with Crippen molar-refractivity contribution in [3.63, 3.8) is 0 Å². The quantitative estimate of drug-likeness (QED) is 0.810. The number of ether oxygens (including phenoxy) is 1. The maximum absolute atomic E-state index is 12.3. The van der Waals surface area contributed by atoms with E-state index in [4.69, 9.17) is 4.74 Å². The average Bonchev–Trinajstić information content (AvgIpc) is 3.07. The molecule has 0 radical (unpaired) electrons. The minimum atomic E-state index is 0.201. The number of aryl methyl sites for hydroxylation is 1. The summed E-state index contributed by atoms with van der Waals surface area (Å²) in [6.45, 7) is 7.74. The Morgan fingerprint density at radius 3 is 2.71 bits per heavy atom. The lowest BCUT2D eigenvalue weighted by molar-refractivity contribution is -0.130. The lowest BCUT2D eigenvalue weighted by atomic mass is 9.81. The number of rotatable bonds is 4. The molecule has 3 atom stereocenters. The molecule has 2 aromatic rings. The Labute approximate surface area is 168 Å². The molecule has 2 aliphatic rings. The first-order chi connectivity index (χ1) is 13.5. The number of amides is 1. The van der Waals surface area contributed by atoms with E-state index >= 15 is 0 Å². The van der Waals surface area contributed by atoms with Gasteiger partial charge in [0.05, 0.1) is 7.11 Å². The number of hydrogen-bond acceptors (Lipinski definition) is 3. The van der Waals surface area contributed by atoms with Crippen LogP contribution >= 0.6 is 0 Å². The van der Waals surface area contributed by atoms with Gasteiger partial charge in [-0.05, 0) is 36.6 Å². The molecule has 0 unspecified atom stereocenters. The van der Waals surface area contributed by atoms with Gasteiger partial charge < -0.3 is 9.64 Å². The third kappa shape index (κ3) is 3.79. The third-order valence-electron chi connectivity index (χ3n) is 6.43. The van der Waals surface area contributed by atoms with Gasteiger partial charge >= 0.3 is 0 Å². The first-order valence-corrected chi connectivity index (χ1v) is 10.2. The van der Waals surface area contributed by atoms with E-state index in [-0.39, 0.29) is 5.91 Å². The Hall–Kier alpha value is -2.33. The molecule has 0 spiro atoms. The molecule has 4 heteroatoms. The van der Waals surface area contributed by atoms with Crippen LogP contribution in [0, 0.1) is 12.8 Å². The molecule has 2 heterocycles. The molecular weight excluding hydrogens is 348 g/mol. The molecule has 1 amide bonds. The van der Waals surface area contributed by atoms with Crippen LogP contribution in [0.2, 0.25) is 0 Å². The van der Waals surface area contributed by atoms with Gasteiger partial charge in [0.25, 0.3) is 0 Å². The van der Waals surface area contributed by atoms with E-state index < -0.39 is 0 Å². The van der Waals surface area contributed by atoms with Crippen molar-refractivity contribution in [2.45, 2.75) is 38.8 Å². The zero-order valence-corrected chi connectivity index (χ0v) is 17.1. The van der Waals surface area contributed by atoms with Gasteiger partial charge in [-0.2, -0.15) is 0 Å². The SMILES string of the molecule is COc1cccc([C@H]2CN(C(C)=O)[C@@H]3CCN(Cc4cccc(C)c4)C[C@H]23)c1. The number of likely N-dealkylation sites (tertiary alicyclic amines) is 2. The molecular formula is C24H30N2O2. The summed E-state index contributed by atoms with van der Waals surface area (Å²) in [5.41, 5.74) is 3.97. The van der Waals surface area contributed by atoms with Crippen molar-refractivity contribution in [3.05, 3.63) is 65.2 Å². The third-order valence-corrected chi connectivity index (χ3v) is 6.43. The molecule has 0 aromatic heterocycles. The summed E-state index contributed by atoms with van der Waals surface area (Å²) in [5, 5.41) is 0. The fraction of sp³-hybridized carbons (Fsp3) is 0.458. The second-order valence-corrected chi connectivity index (χ2v) is 8.30. The van der Waals surface area contributed by atoms with Crippen LogP contribution in [0.25, 0.3) is 0 Å². The summed E-state index contributed by atoms with van der Waals surface area (Å²) in [4.78, 5) is 17.0. The molecule has 2 aromatic carbocycles. The fourth-order valence-corrected chi connectivity index (χ4v) is 5.10. The summed E-state index contributed by atoms with van der Waals surface area (Å²) in [6, 6.07) is 17.5. The lowest BCUT2D eigenvalue weighted by Crippen LogP contribution is -2.47. The highest BCUT2D eigenvalue weighted by Crippen LogP contribution is 2.42. The second kappa shape index (κ2) is 7.96. The summed E-state index contributed by atoms with van der Waals surface area (Å²) in [5.74, 6) is 1.93. The van der Waals surface area contributed by atoms with Gasteiger partial charge in [0.2, 0.25) is 5.91 Å². The molecule has 0 N–H and O–H groups in total. The molecule has 148 valence electrons. The predicted octanol–water partition coefficient (Wildman–Crippen LogP) is 3.84. The minimum Gasteiger partial charge on any atom is -0.497 e. The van der Waals surface area contributed by atoms with Crippen LogP contribution in [0.15, 0.2) is 48.5 Å². The average molecular weight is 379 g/mol. The Morgan fingerprint density at radius 1 is 1.14 bits per heavy atom. The predicted molar refractivity (Wildman–Crippen MR) is 111 cm³/mol. The van der Waals surface area contributed by atoms with Gasteiger partial charge in [-0.15, -0.1) is 0 Å². The summed E-state index contributed by atoms with van der Waals surface area (Å²) in [6.07, 6.45) is 1.05. The Bertz CT molecular complexity index is 850. The number of nitrogens with zero attached hydrogens (tertiary/aromatic N) is 2. The summed E-state index contributed by atoms with van der Waals surface area (Å²) in [7, 11) is 1.71. The molecule has 2 saturated heterocycles. The lowest BCUT2D eigenvalue weighted by Gasteiger charge is -2.39. The zero-order valence-electron chi connectivity index (χ0n) is 17.1. The van der Waals surface area contributed by atoms with Gasteiger partial charge in [0, 0.05) is 51.0 Å². The van der Waals surface area contributed by atoms with E-state index in [9.17, 15) is 4.79 Å². The van der Waals surface area contributed by atoms with Crippen molar-refractivity contribution in [1.29, 1.82) is 0 Å². The molecule has 0 aliphatic carbocycles. The highest BCUT2D eigenvalue weighted by Gasteiger charge is 2.46. The smallest absolute Gasteiger partial charge is 0.219 e. The first kappa shape index (κ1) is 19.0. The van der Waals surface area contributed by atoms with Gasteiger partial charge in [-0.1, -0.05) is 42.0 Å². The topological polar surface area (TPSA) is 32.8 Å². The van der Waals surface area contributed by atoms with Gasteiger partial charge in [0.1, 0.15) is 5.75 Å². The van der Waals surface area contributed by atoms with Crippen LogP contribution in [0.1, 0.15) is 36.0 Å². The Kier molecular flexibility index (Phi) is 5.40. The van der Waals surface area contributed by atoms with Crippen molar-refractivity contribution in [3.8, 4) is 5.75 Å². The summed E-state index contributed by atoms with van der Waals surface area (Å²) < 4.78 is 5.45. The van der Waals surface area contributed by atoms with Crippen molar-refractivity contribution < 1.29 is 9.53 Å². The second-order valence-electron chi connectivity index (χ2n) is 8.30. The highest BCUT2D eigenvalue weighted by molar-refractivity contribution is 5.74. The van der Waals surface area contributed by atoms with Crippen LogP contribution < -0.4 is 4.74 Å². The van der Waals surface area contributed by atoms with Gasteiger partial charge in [0.15, 0.2) is 0 Å². The molecule has 4 nitrogen and oxygen atoms in total. The van der Waals surface area contributed by atoms with Gasteiger partial charge in [-0.3, -0.25) is 9.69 Å². The number of hydrogen-bond donors (Lipinski definition) is 0. The van der Waals surface area contributed by atoms with E-state index in [1.807, 2.05) is 6.07 Å². The van der Waals surface area contributed by atoms with E-state index in [0.29, 0.717) is 17.9 Å². The van der Waals surface area contributed by atoms with Crippen molar-refractivity contribution in [1.82, 2.24) is 9.80 Å². The highest BCUT2D eigenvalue weighted by atomic mass is 16.5. The normalized spacial score (nSPS) is 24.8. The monoisotopic (exact) mass is 378 g/mol. The fourth-order valence-electron chi connectivity index (χ4n) is 5.10. The Balaban J connectivity index is 1.56. The van der Waals surface area contributed by atoms with Gasteiger partial charge in [-0.25, -0.2) is 0 Å². The van der Waals surface area contributed by atoms with E-state index in [1.54, 1.807) is 14.0 Å².